The lowest BCUT2D eigenvalue weighted by molar-refractivity contribution is 0.593. The molecule has 2 heteroatoms. The lowest BCUT2D eigenvalue weighted by Gasteiger charge is -2.13. The molecule has 1 N–H and O–H groups in total. The Hall–Kier alpha value is -0.690. The van der Waals surface area contributed by atoms with E-state index in [0.29, 0.717) is 5.92 Å². The van der Waals surface area contributed by atoms with Gasteiger partial charge in [0, 0.05) is 6.54 Å². The molecule has 0 fully saturated rings. The van der Waals surface area contributed by atoms with E-state index in [1.54, 1.807) is 0 Å². The molecule has 1 atom stereocenters. The molecule has 0 aliphatic heterocycles. The predicted molar refractivity (Wildman–Crippen MR) is 64.1 cm³/mol. The van der Waals surface area contributed by atoms with Crippen molar-refractivity contribution in [1.82, 2.24) is 0 Å². The summed E-state index contributed by atoms with van der Waals surface area (Å²) in [5, 5.41) is 4.18. The van der Waals surface area contributed by atoms with Crippen LogP contribution in [0, 0.1) is 12.8 Å². The summed E-state index contributed by atoms with van der Waals surface area (Å²) in [5.41, 5.74) is 2.29. The van der Waals surface area contributed by atoms with Crippen LogP contribution >= 0.6 is 11.6 Å². The Bertz CT molecular complexity index is 296. The standard InChI is InChI=1S/C12H18ClN/c1-4-9(2)8-14-12-7-10(3)5-6-11(12)13/h5-7,9,14H,4,8H2,1-3H3. The van der Waals surface area contributed by atoms with Crippen molar-refractivity contribution in [2.45, 2.75) is 27.2 Å². The molecule has 0 aliphatic carbocycles. The van der Waals surface area contributed by atoms with E-state index >= 15 is 0 Å². The Kier molecular flexibility index (Phi) is 4.27. The molecule has 1 rings (SSSR count). The first-order valence-corrected chi connectivity index (χ1v) is 5.51. The van der Waals surface area contributed by atoms with Crippen molar-refractivity contribution >= 4 is 17.3 Å². The highest BCUT2D eigenvalue weighted by molar-refractivity contribution is 6.33. The third-order valence-corrected chi connectivity index (χ3v) is 2.79. The number of hydrogen-bond acceptors (Lipinski definition) is 1. The van der Waals surface area contributed by atoms with Crippen LogP contribution < -0.4 is 5.32 Å². The number of rotatable bonds is 4. The third kappa shape index (κ3) is 3.22. The van der Waals surface area contributed by atoms with Crippen molar-refractivity contribution in [2.75, 3.05) is 11.9 Å². The molecular weight excluding hydrogens is 194 g/mol. The highest BCUT2D eigenvalue weighted by Crippen LogP contribution is 2.22. The van der Waals surface area contributed by atoms with Gasteiger partial charge in [0.05, 0.1) is 10.7 Å². The van der Waals surface area contributed by atoms with Gasteiger partial charge in [-0.05, 0) is 30.5 Å². The summed E-state index contributed by atoms with van der Waals surface area (Å²) in [6.07, 6.45) is 1.19. The van der Waals surface area contributed by atoms with Crippen LogP contribution in [0.4, 0.5) is 5.69 Å². The van der Waals surface area contributed by atoms with Crippen LogP contribution in [0.15, 0.2) is 18.2 Å². The predicted octanol–water partition coefficient (Wildman–Crippen LogP) is 4.11. The van der Waals surface area contributed by atoms with E-state index in [1.165, 1.54) is 12.0 Å². The second-order valence-electron chi connectivity index (χ2n) is 3.88. The van der Waals surface area contributed by atoms with Crippen LogP contribution in [0.25, 0.3) is 0 Å². The fourth-order valence-corrected chi connectivity index (χ4v) is 1.39. The van der Waals surface area contributed by atoms with Gasteiger partial charge >= 0.3 is 0 Å². The zero-order chi connectivity index (χ0) is 10.6. The summed E-state index contributed by atoms with van der Waals surface area (Å²) in [4.78, 5) is 0. The molecule has 78 valence electrons. The van der Waals surface area contributed by atoms with Crippen molar-refractivity contribution in [3.05, 3.63) is 28.8 Å². The van der Waals surface area contributed by atoms with Gasteiger partial charge < -0.3 is 5.32 Å². The van der Waals surface area contributed by atoms with Crippen molar-refractivity contribution in [3.63, 3.8) is 0 Å². The minimum atomic E-state index is 0.687. The first kappa shape index (κ1) is 11.4. The molecule has 1 aromatic carbocycles. The monoisotopic (exact) mass is 211 g/mol. The van der Waals surface area contributed by atoms with Gasteiger partial charge in [-0.15, -0.1) is 0 Å². The second kappa shape index (κ2) is 5.26. The first-order chi connectivity index (χ1) is 6.63. The zero-order valence-corrected chi connectivity index (χ0v) is 9.86. The van der Waals surface area contributed by atoms with Crippen molar-refractivity contribution in [2.24, 2.45) is 5.92 Å². The van der Waals surface area contributed by atoms with Gasteiger partial charge in [0.15, 0.2) is 0 Å². The Balaban J connectivity index is 2.62. The van der Waals surface area contributed by atoms with Crippen LogP contribution in [0.5, 0.6) is 0 Å². The minimum absolute atomic E-state index is 0.687. The van der Waals surface area contributed by atoms with Gasteiger partial charge in [0.25, 0.3) is 0 Å². The number of aryl methyl sites for hydroxylation is 1. The molecule has 14 heavy (non-hydrogen) atoms. The quantitative estimate of drug-likeness (QED) is 0.791. The molecule has 0 aromatic heterocycles. The summed E-state index contributed by atoms with van der Waals surface area (Å²) in [7, 11) is 0. The number of halogens is 1. The van der Waals surface area contributed by atoms with E-state index < -0.39 is 0 Å². The molecule has 0 saturated carbocycles. The molecule has 0 radical (unpaired) electrons. The van der Waals surface area contributed by atoms with Crippen molar-refractivity contribution < 1.29 is 0 Å². The summed E-state index contributed by atoms with van der Waals surface area (Å²) < 4.78 is 0. The SMILES string of the molecule is CCC(C)CNc1cc(C)ccc1Cl. The Morgan fingerprint density at radius 3 is 2.79 bits per heavy atom. The lowest BCUT2D eigenvalue weighted by atomic mass is 10.1. The van der Waals surface area contributed by atoms with E-state index in [2.05, 4.69) is 32.2 Å². The molecule has 0 spiro atoms. The number of anilines is 1. The number of nitrogens with one attached hydrogen (secondary N) is 1. The second-order valence-corrected chi connectivity index (χ2v) is 4.28. The van der Waals surface area contributed by atoms with Gasteiger partial charge in [-0.2, -0.15) is 0 Å². The van der Waals surface area contributed by atoms with Crippen molar-refractivity contribution in [3.8, 4) is 0 Å². The first-order valence-electron chi connectivity index (χ1n) is 5.13. The Labute approximate surface area is 91.5 Å². The molecule has 0 heterocycles. The summed E-state index contributed by atoms with van der Waals surface area (Å²) in [5.74, 6) is 0.687. The normalized spacial score (nSPS) is 12.6. The fourth-order valence-electron chi connectivity index (χ4n) is 1.20. The van der Waals surface area contributed by atoms with Crippen molar-refractivity contribution in [1.29, 1.82) is 0 Å². The van der Waals surface area contributed by atoms with Crippen LogP contribution in [-0.2, 0) is 0 Å². The summed E-state index contributed by atoms with van der Waals surface area (Å²) in [6, 6.07) is 6.05. The van der Waals surface area contributed by atoms with E-state index in [0.717, 1.165) is 17.3 Å². The minimum Gasteiger partial charge on any atom is -0.384 e. The van der Waals surface area contributed by atoms with Gasteiger partial charge in [-0.25, -0.2) is 0 Å². The Morgan fingerprint density at radius 1 is 1.43 bits per heavy atom. The fraction of sp³-hybridized carbons (Fsp3) is 0.500. The maximum absolute atomic E-state index is 6.06. The Morgan fingerprint density at radius 2 is 2.14 bits per heavy atom. The summed E-state index contributed by atoms with van der Waals surface area (Å²) >= 11 is 6.06. The molecular formula is C12H18ClN. The molecule has 0 saturated heterocycles. The van der Waals surface area contributed by atoms with Crippen LogP contribution in [0.3, 0.4) is 0 Å². The van der Waals surface area contributed by atoms with Crippen LogP contribution in [0.1, 0.15) is 25.8 Å². The topological polar surface area (TPSA) is 12.0 Å². The van der Waals surface area contributed by atoms with Gasteiger partial charge in [0.2, 0.25) is 0 Å². The van der Waals surface area contributed by atoms with E-state index in [4.69, 9.17) is 11.6 Å². The summed E-state index contributed by atoms with van der Waals surface area (Å²) in [6.45, 7) is 7.49. The maximum atomic E-state index is 6.06. The van der Waals surface area contributed by atoms with Gasteiger partial charge in [-0.1, -0.05) is 37.9 Å². The molecule has 1 nitrogen and oxygen atoms in total. The molecule has 0 bridgehead atoms. The average molecular weight is 212 g/mol. The molecule has 0 aliphatic rings. The van der Waals surface area contributed by atoms with E-state index in [9.17, 15) is 0 Å². The molecule has 1 unspecified atom stereocenters. The largest absolute Gasteiger partial charge is 0.384 e. The average Bonchev–Trinajstić information content (AvgIpc) is 2.19. The van der Waals surface area contributed by atoms with Gasteiger partial charge in [-0.3, -0.25) is 0 Å². The van der Waals surface area contributed by atoms with E-state index in [1.807, 2.05) is 12.1 Å². The smallest absolute Gasteiger partial charge is 0.0637 e. The van der Waals surface area contributed by atoms with Gasteiger partial charge in [0.1, 0.15) is 0 Å². The lowest BCUT2D eigenvalue weighted by Crippen LogP contribution is -2.10. The highest BCUT2D eigenvalue weighted by atomic mass is 35.5. The highest BCUT2D eigenvalue weighted by Gasteiger charge is 2.02. The van der Waals surface area contributed by atoms with Crippen LogP contribution in [0.2, 0.25) is 5.02 Å². The maximum Gasteiger partial charge on any atom is 0.0637 e. The van der Waals surface area contributed by atoms with Crippen LogP contribution in [-0.4, -0.2) is 6.54 Å². The third-order valence-electron chi connectivity index (χ3n) is 2.46. The molecule has 0 amide bonds. The zero-order valence-electron chi connectivity index (χ0n) is 9.10. The molecule has 1 aromatic rings. The number of hydrogen-bond donors (Lipinski definition) is 1. The van der Waals surface area contributed by atoms with E-state index in [-0.39, 0.29) is 0 Å². The number of benzene rings is 1.